The van der Waals surface area contributed by atoms with E-state index in [1.54, 1.807) is 17.0 Å². The van der Waals surface area contributed by atoms with Gasteiger partial charge in [-0.25, -0.2) is 14.3 Å². The van der Waals surface area contributed by atoms with E-state index < -0.39 is 0 Å². The van der Waals surface area contributed by atoms with Crippen LogP contribution in [0.4, 0.5) is 0 Å². The van der Waals surface area contributed by atoms with E-state index in [9.17, 15) is 0 Å². The maximum Gasteiger partial charge on any atom is 0.186 e. The zero-order valence-corrected chi connectivity index (χ0v) is 13.0. The fourth-order valence-electron chi connectivity index (χ4n) is 2.09. The molecule has 2 aromatic heterocycles. The van der Waals surface area contributed by atoms with Gasteiger partial charge in [-0.1, -0.05) is 24.3 Å². The zero-order valence-electron chi connectivity index (χ0n) is 12.2. The maximum absolute atomic E-state index is 8.29. The molecule has 8 heteroatoms. The summed E-state index contributed by atoms with van der Waals surface area (Å²) >= 11 is 5.14. The molecule has 3 rings (SSSR count). The van der Waals surface area contributed by atoms with E-state index in [4.69, 9.17) is 17.6 Å². The number of benzene rings is 1. The van der Waals surface area contributed by atoms with Crippen LogP contribution in [0.5, 0.6) is 0 Å². The predicted octanol–water partition coefficient (Wildman–Crippen LogP) is 1.31. The van der Waals surface area contributed by atoms with Gasteiger partial charge >= 0.3 is 0 Å². The summed E-state index contributed by atoms with van der Waals surface area (Å²) in [6, 6.07) is 9.67. The summed E-state index contributed by atoms with van der Waals surface area (Å²) in [6.45, 7) is 4.16. The average Bonchev–Trinajstić information content (AvgIpc) is 3.01. The molecule has 116 valence electrons. The molecule has 0 radical (unpaired) electrons. The van der Waals surface area contributed by atoms with Crippen molar-refractivity contribution in [3.8, 4) is 5.69 Å². The Bertz CT molecular complexity index is 910. The van der Waals surface area contributed by atoms with Crippen LogP contribution in [0.25, 0.3) is 16.7 Å². The van der Waals surface area contributed by atoms with Gasteiger partial charge in [0.1, 0.15) is 6.33 Å². The second-order valence-electron chi connectivity index (χ2n) is 4.70. The van der Waals surface area contributed by atoms with Crippen LogP contribution in [-0.2, 0) is 0 Å². The third kappa shape index (κ3) is 2.97. The zero-order chi connectivity index (χ0) is 16.2. The van der Waals surface area contributed by atoms with Gasteiger partial charge in [0.15, 0.2) is 16.2 Å². The number of nitrogens with zero attached hydrogens (tertiary/aromatic N) is 4. The SMILES string of the molecule is C=CCNC(=S)Nn1cnc2c(cnn2-c2ccccc2)c1=N. The molecule has 0 aliphatic carbocycles. The third-order valence-electron chi connectivity index (χ3n) is 3.17. The molecular formula is C15H15N7S. The number of hydrogen-bond acceptors (Lipinski definition) is 4. The molecule has 0 aliphatic rings. The maximum atomic E-state index is 8.29. The molecule has 0 spiro atoms. The smallest absolute Gasteiger partial charge is 0.186 e. The normalized spacial score (nSPS) is 10.4. The first-order valence-corrected chi connectivity index (χ1v) is 7.32. The first kappa shape index (κ1) is 14.9. The molecule has 1 aromatic carbocycles. The summed E-state index contributed by atoms with van der Waals surface area (Å²) in [5.41, 5.74) is 4.62. The molecule has 7 nitrogen and oxygen atoms in total. The van der Waals surface area contributed by atoms with Crippen LogP contribution in [0.1, 0.15) is 0 Å². The van der Waals surface area contributed by atoms with Crippen LogP contribution in [0.15, 0.2) is 55.5 Å². The summed E-state index contributed by atoms with van der Waals surface area (Å²) in [5, 5.41) is 16.6. The van der Waals surface area contributed by atoms with Crippen LogP contribution < -0.4 is 16.2 Å². The van der Waals surface area contributed by atoms with Gasteiger partial charge < -0.3 is 5.32 Å². The molecule has 3 aromatic rings. The van der Waals surface area contributed by atoms with E-state index in [-0.39, 0.29) is 5.49 Å². The van der Waals surface area contributed by atoms with Gasteiger partial charge in [0.25, 0.3) is 0 Å². The highest BCUT2D eigenvalue weighted by Crippen LogP contribution is 2.12. The first-order valence-electron chi connectivity index (χ1n) is 6.92. The molecule has 0 atom stereocenters. The lowest BCUT2D eigenvalue weighted by molar-refractivity contribution is 0.830. The van der Waals surface area contributed by atoms with E-state index >= 15 is 0 Å². The van der Waals surface area contributed by atoms with Crippen molar-refractivity contribution in [2.24, 2.45) is 0 Å². The molecule has 0 amide bonds. The van der Waals surface area contributed by atoms with Gasteiger partial charge in [-0.3, -0.25) is 10.8 Å². The molecule has 0 saturated carbocycles. The summed E-state index contributed by atoms with van der Waals surface area (Å²) in [5.74, 6) is 0. The Morgan fingerprint density at radius 1 is 1.35 bits per heavy atom. The van der Waals surface area contributed by atoms with Crippen LogP contribution in [0.2, 0.25) is 0 Å². The number of aromatic nitrogens is 4. The number of thiocarbonyl (C=S) groups is 1. The minimum atomic E-state index is 0.222. The monoisotopic (exact) mass is 325 g/mol. The van der Waals surface area contributed by atoms with Gasteiger partial charge in [-0.15, -0.1) is 6.58 Å². The molecule has 3 N–H and O–H groups in total. The highest BCUT2D eigenvalue weighted by atomic mass is 32.1. The van der Waals surface area contributed by atoms with Crippen LogP contribution in [0, 0.1) is 5.41 Å². The van der Waals surface area contributed by atoms with Crippen LogP contribution in [-0.4, -0.2) is 31.1 Å². The predicted molar refractivity (Wildman–Crippen MR) is 92.9 cm³/mol. The van der Waals surface area contributed by atoms with Crippen molar-refractivity contribution < 1.29 is 0 Å². The van der Waals surface area contributed by atoms with Gasteiger partial charge in [0.2, 0.25) is 0 Å². The lowest BCUT2D eigenvalue weighted by atomic mass is 10.3. The van der Waals surface area contributed by atoms with Crippen molar-refractivity contribution in [2.45, 2.75) is 0 Å². The summed E-state index contributed by atoms with van der Waals surface area (Å²) in [4.78, 5) is 4.39. The summed E-state index contributed by atoms with van der Waals surface area (Å²) in [6.07, 6.45) is 4.83. The van der Waals surface area contributed by atoms with E-state index in [1.165, 1.54) is 11.0 Å². The third-order valence-corrected chi connectivity index (χ3v) is 3.40. The van der Waals surface area contributed by atoms with Gasteiger partial charge in [-0.2, -0.15) is 5.10 Å². The van der Waals surface area contributed by atoms with E-state index in [1.807, 2.05) is 30.3 Å². The minimum absolute atomic E-state index is 0.222. The fraction of sp³-hybridized carbons (Fsp3) is 0.0667. The number of para-hydroxylation sites is 1. The number of fused-ring (bicyclic) bond motifs is 1. The topological polar surface area (TPSA) is 83.5 Å². The quantitative estimate of drug-likeness (QED) is 0.497. The summed E-state index contributed by atoms with van der Waals surface area (Å²) in [7, 11) is 0. The Morgan fingerprint density at radius 3 is 2.87 bits per heavy atom. The van der Waals surface area contributed by atoms with Crippen molar-refractivity contribution in [1.82, 2.24) is 24.8 Å². The first-order chi connectivity index (χ1) is 11.2. The van der Waals surface area contributed by atoms with E-state index in [0.29, 0.717) is 22.7 Å². The molecule has 0 saturated heterocycles. The van der Waals surface area contributed by atoms with Crippen molar-refractivity contribution >= 4 is 28.4 Å². The minimum Gasteiger partial charge on any atom is -0.358 e. The van der Waals surface area contributed by atoms with Crippen LogP contribution >= 0.6 is 12.2 Å². The molecule has 0 fully saturated rings. The second-order valence-corrected chi connectivity index (χ2v) is 5.11. The Balaban J connectivity index is 1.97. The van der Waals surface area contributed by atoms with Gasteiger partial charge in [0, 0.05) is 6.54 Å². The van der Waals surface area contributed by atoms with Crippen molar-refractivity contribution in [2.75, 3.05) is 12.0 Å². The fourth-order valence-corrected chi connectivity index (χ4v) is 2.27. The Labute approximate surface area is 137 Å². The largest absolute Gasteiger partial charge is 0.358 e. The highest BCUT2D eigenvalue weighted by molar-refractivity contribution is 7.80. The molecule has 0 unspecified atom stereocenters. The molecule has 0 bridgehead atoms. The van der Waals surface area contributed by atoms with Gasteiger partial charge in [0.05, 0.1) is 17.3 Å². The Hall–Kier alpha value is -3.00. The lowest BCUT2D eigenvalue weighted by Gasteiger charge is -2.11. The van der Waals surface area contributed by atoms with Crippen LogP contribution in [0.3, 0.4) is 0 Å². The standard InChI is InChI=1S/C15H15N7S/c1-2-8-17-15(23)20-21-10-18-14-12(13(21)16)9-19-22(14)11-6-4-3-5-7-11/h2-7,9-10,16H,1,8H2,(H2,17,20,23). The lowest BCUT2D eigenvalue weighted by Crippen LogP contribution is -2.39. The van der Waals surface area contributed by atoms with E-state index in [2.05, 4.69) is 27.4 Å². The highest BCUT2D eigenvalue weighted by Gasteiger charge is 2.09. The average molecular weight is 325 g/mol. The van der Waals surface area contributed by atoms with Gasteiger partial charge in [-0.05, 0) is 24.4 Å². The molecule has 0 aliphatic heterocycles. The molecular weight excluding hydrogens is 310 g/mol. The van der Waals surface area contributed by atoms with Crippen molar-refractivity contribution in [3.05, 3.63) is 61.0 Å². The number of rotatable bonds is 4. The number of nitrogens with one attached hydrogen (secondary N) is 3. The Morgan fingerprint density at radius 2 is 2.13 bits per heavy atom. The summed E-state index contributed by atoms with van der Waals surface area (Å²) < 4.78 is 3.14. The molecule has 23 heavy (non-hydrogen) atoms. The van der Waals surface area contributed by atoms with Crippen molar-refractivity contribution in [1.29, 1.82) is 5.41 Å². The van der Waals surface area contributed by atoms with Crippen molar-refractivity contribution in [3.63, 3.8) is 0 Å². The molecule has 2 heterocycles. The number of hydrogen-bond donors (Lipinski definition) is 3. The van der Waals surface area contributed by atoms with E-state index in [0.717, 1.165) is 5.69 Å². The second kappa shape index (κ2) is 6.41. The Kier molecular flexibility index (Phi) is 4.15.